The molecule has 0 aliphatic rings. The molecule has 1 rings (SSSR count). The second-order valence-corrected chi connectivity index (χ2v) is 11.3. The minimum Gasteiger partial charge on any atom is -0.330 e. The van der Waals surface area contributed by atoms with Gasteiger partial charge in [-0.05, 0) is 62.7 Å². The summed E-state index contributed by atoms with van der Waals surface area (Å²) in [5.74, 6) is 0. The molecule has 2 unspecified atom stereocenters. The van der Waals surface area contributed by atoms with E-state index in [1.807, 2.05) is 0 Å². The van der Waals surface area contributed by atoms with Gasteiger partial charge in [0.05, 0.1) is 0 Å². The molecule has 0 aliphatic heterocycles. The van der Waals surface area contributed by atoms with Gasteiger partial charge in [-0.3, -0.25) is 0 Å². The normalized spacial score (nSPS) is 13.2. The molecule has 1 aromatic rings. The van der Waals surface area contributed by atoms with Crippen molar-refractivity contribution in [2.45, 2.75) is 153 Å². The Balaban J connectivity index is 2.07. The van der Waals surface area contributed by atoms with E-state index in [1.54, 1.807) is 0 Å². The molecule has 0 bridgehead atoms. The molecule has 0 amide bonds. The third kappa shape index (κ3) is 20.2. The first-order valence-electron chi connectivity index (χ1n) is 15.6. The van der Waals surface area contributed by atoms with Gasteiger partial charge in [0.15, 0.2) is 0 Å². The minimum atomic E-state index is 0.269. The van der Waals surface area contributed by atoms with Gasteiger partial charge in [0.2, 0.25) is 0 Å². The highest BCUT2D eigenvalue weighted by Crippen LogP contribution is 2.16. The topological polar surface area (TPSA) is 104 Å². The zero-order valence-corrected chi connectivity index (χ0v) is 23.7. The SMILES string of the molecule is NCCCCCCCCCCCC(N)Cc1cccc(CC(N)CCCCCCCCCCCN)c1. The summed E-state index contributed by atoms with van der Waals surface area (Å²) in [7, 11) is 0. The third-order valence-electron chi connectivity index (χ3n) is 7.55. The van der Waals surface area contributed by atoms with Crippen molar-refractivity contribution in [3.8, 4) is 0 Å². The largest absolute Gasteiger partial charge is 0.330 e. The van der Waals surface area contributed by atoms with Crippen LogP contribution in [0, 0.1) is 0 Å². The highest BCUT2D eigenvalue weighted by atomic mass is 14.6. The molecule has 36 heavy (non-hydrogen) atoms. The summed E-state index contributed by atoms with van der Waals surface area (Å²) in [5.41, 5.74) is 26.8. The molecular formula is C32H62N4. The van der Waals surface area contributed by atoms with Gasteiger partial charge in [-0.25, -0.2) is 0 Å². The molecule has 0 heterocycles. The maximum atomic E-state index is 6.47. The van der Waals surface area contributed by atoms with Crippen molar-refractivity contribution in [3.05, 3.63) is 35.4 Å². The molecule has 0 spiro atoms. The van der Waals surface area contributed by atoms with Gasteiger partial charge in [-0.2, -0.15) is 0 Å². The molecular weight excluding hydrogens is 440 g/mol. The number of benzene rings is 1. The Labute approximate surface area is 224 Å². The number of hydrogen-bond acceptors (Lipinski definition) is 4. The van der Waals surface area contributed by atoms with E-state index in [4.69, 9.17) is 22.9 Å². The molecule has 4 heteroatoms. The Morgan fingerprint density at radius 1 is 0.444 bits per heavy atom. The van der Waals surface area contributed by atoms with Crippen molar-refractivity contribution in [1.29, 1.82) is 0 Å². The van der Waals surface area contributed by atoms with Crippen LogP contribution in [0.15, 0.2) is 24.3 Å². The average Bonchev–Trinajstić information content (AvgIpc) is 2.86. The second-order valence-electron chi connectivity index (χ2n) is 11.3. The molecule has 0 saturated carbocycles. The predicted octanol–water partition coefficient (Wildman–Crippen LogP) is 7.15. The highest BCUT2D eigenvalue weighted by molar-refractivity contribution is 5.25. The van der Waals surface area contributed by atoms with Crippen LogP contribution in [0.4, 0.5) is 0 Å². The fraction of sp³-hybridized carbons (Fsp3) is 0.812. The summed E-state index contributed by atoms with van der Waals surface area (Å²) in [6, 6.07) is 9.53. The number of hydrogen-bond donors (Lipinski definition) is 4. The zero-order valence-electron chi connectivity index (χ0n) is 23.7. The van der Waals surface area contributed by atoms with E-state index >= 15 is 0 Å². The molecule has 0 aliphatic carbocycles. The molecule has 1 aromatic carbocycles. The van der Waals surface area contributed by atoms with E-state index in [0.29, 0.717) is 0 Å². The van der Waals surface area contributed by atoms with Crippen LogP contribution in [0.5, 0.6) is 0 Å². The van der Waals surface area contributed by atoms with Crippen LogP contribution in [0.3, 0.4) is 0 Å². The van der Waals surface area contributed by atoms with Crippen LogP contribution < -0.4 is 22.9 Å². The molecule has 8 N–H and O–H groups in total. The van der Waals surface area contributed by atoms with Gasteiger partial charge >= 0.3 is 0 Å². The summed E-state index contributed by atoms with van der Waals surface area (Å²) in [4.78, 5) is 0. The van der Waals surface area contributed by atoms with Crippen molar-refractivity contribution >= 4 is 0 Å². The lowest BCUT2D eigenvalue weighted by molar-refractivity contribution is 0.519. The van der Waals surface area contributed by atoms with Gasteiger partial charge in [0, 0.05) is 12.1 Å². The molecule has 210 valence electrons. The van der Waals surface area contributed by atoms with E-state index in [0.717, 1.165) is 38.8 Å². The number of rotatable bonds is 26. The Kier molecular flexibility index (Phi) is 22.4. The smallest absolute Gasteiger partial charge is 0.00793 e. The maximum Gasteiger partial charge on any atom is 0.00793 e. The molecule has 0 fully saturated rings. The van der Waals surface area contributed by atoms with E-state index in [2.05, 4.69) is 24.3 Å². The molecule has 0 aromatic heterocycles. The quantitative estimate of drug-likeness (QED) is 0.101. The molecule has 2 atom stereocenters. The predicted molar refractivity (Wildman–Crippen MR) is 160 cm³/mol. The first-order valence-corrected chi connectivity index (χ1v) is 15.6. The minimum absolute atomic E-state index is 0.269. The van der Waals surface area contributed by atoms with Crippen molar-refractivity contribution in [2.24, 2.45) is 22.9 Å². The molecule has 0 radical (unpaired) electrons. The van der Waals surface area contributed by atoms with Crippen molar-refractivity contribution in [1.82, 2.24) is 0 Å². The Hall–Kier alpha value is -0.940. The van der Waals surface area contributed by atoms with Gasteiger partial charge in [0.1, 0.15) is 0 Å². The average molecular weight is 503 g/mol. The van der Waals surface area contributed by atoms with Gasteiger partial charge in [-0.15, -0.1) is 0 Å². The van der Waals surface area contributed by atoms with E-state index < -0.39 is 0 Å². The lowest BCUT2D eigenvalue weighted by atomic mass is 9.96. The van der Waals surface area contributed by atoms with Gasteiger partial charge in [-0.1, -0.05) is 127 Å². The standard InChI is InChI=1S/C32H62N4/c33-24-17-13-9-5-1-3-7-11-15-22-31(35)27-29-20-19-21-30(26-29)28-32(36)23-16-12-8-4-2-6-10-14-18-25-34/h19-21,26,31-32H,1-18,22-25,27-28,33-36H2. The Morgan fingerprint density at radius 2 is 0.750 bits per heavy atom. The molecule has 4 nitrogen and oxygen atoms in total. The van der Waals surface area contributed by atoms with E-state index in [-0.39, 0.29) is 12.1 Å². The van der Waals surface area contributed by atoms with E-state index in [9.17, 15) is 0 Å². The summed E-state index contributed by atoms with van der Waals surface area (Å²) in [6.45, 7) is 1.69. The lowest BCUT2D eigenvalue weighted by Gasteiger charge is -2.15. The molecule has 0 saturated heterocycles. The second kappa shape index (κ2) is 24.4. The first kappa shape index (κ1) is 33.1. The summed E-state index contributed by atoms with van der Waals surface area (Å²) in [5, 5.41) is 0. The highest BCUT2D eigenvalue weighted by Gasteiger charge is 2.08. The van der Waals surface area contributed by atoms with Gasteiger partial charge < -0.3 is 22.9 Å². The van der Waals surface area contributed by atoms with Crippen LogP contribution in [0.25, 0.3) is 0 Å². The van der Waals surface area contributed by atoms with Crippen LogP contribution in [0.1, 0.15) is 140 Å². The monoisotopic (exact) mass is 502 g/mol. The summed E-state index contributed by atoms with van der Waals surface area (Å²) < 4.78 is 0. The fourth-order valence-corrected chi connectivity index (χ4v) is 5.27. The maximum absolute atomic E-state index is 6.47. The van der Waals surface area contributed by atoms with Crippen LogP contribution in [0.2, 0.25) is 0 Å². The van der Waals surface area contributed by atoms with Crippen molar-refractivity contribution in [2.75, 3.05) is 13.1 Å². The Bertz CT molecular complexity index is 544. The third-order valence-corrected chi connectivity index (χ3v) is 7.55. The van der Waals surface area contributed by atoms with E-state index in [1.165, 1.54) is 127 Å². The van der Waals surface area contributed by atoms with Crippen LogP contribution in [-0.4, -0.2) is 25.2 Å². The van der Waals surface area contributed by atoms with Crippen LogP contribution in [-0.2, 0) is 12.8 Å². The zero-order chi connectivity index (χ0) is 26.1. The number of nitrogens with two attached hydrogens (primary N) is 4. The Morgan fingerprint density at radius 3 is 1.08 bits per heavy atom. The van der Waals surface area contributed by atoms with Gasteiger partial charge in [0.25, 0.3) is 0 Å². The fourth-order valence-electron chi connectivity index (χ4n) is 5.27. The first-order chi connectivity index (χ1) is 17.7. The number of unbranched alkanes of at least 4 members (excludes halogenated alkanes) is 16. The van der Waals surface area contributed by atoms with Crippen molar-refractivity contribution in [3.63, 3.8) is 0 Å². The summed E-state index contributed by atoms with van der Waals surface area (Å²) in [6.07, 6.45) is 28.0. The van der Waals surface area contributed by atoms with Crippen molar-refractivity contribution < 1.29 is 0 Å². The van der Waals surface area contributed by atoms with Crippen LogP contribution >= 0.6 is 0 Å². The lowest BCUT2D eigenvalue weighted by Crippen LogP contribution is -2.24. The summed E-state index contributed by atoms with van der Waals surface area (Å²) >= 11 is 0.